The first-order valence-corrected chi connectivity index (χ1v) is 7.15. The fourth-order valence-corrected chi connectivity index (χ4v) is 3.13. The van der Waals surface area contributed by atoms with Crippen molar-refractivity contribution in [2.24, 2.45) is 0 Å². The Morgan fingerprint density at radius 3 is 2.95 bits per heavy atom. The van der Waals surface area contributed by atoms with Crippen LogP contribution >= 0.6 is 11.3 Å². The molecule has 20 heavy (non-hydrogen) atoms. The molecular formula is C16H11N2OS. The molecule has 2 heterocycles. The van der Waals surface area contributed by atoms with Gasteiger partial charge >= 0.3 is 0 Å². The number of H-pyrrole nitrogens is 1. The molecule has 1 radical (unpaired) electrons. The molecule has 0 aliphatic rings. The number of nitrogens with zero attached hydrogens (tertiary/aromatic N) is 1. The molecule has 0 bridgehead atoms. The van der Waals surface area contributed by atoms with Gasteiger partial charge in [0.2, 0.25) is 0 Å². The smallest absolute Gasteiger partial charge is 0.139 e. The van der Waals surface area contributed by atoms with Crippen LogP contribution in [-0.2, 0) is 0 Å². The fourth-order valence-electron chi connectivity index (χ4n) is 2.48. The van der Waals surface area contributed by atoms with Crippen LogP contribution in [0, 0.1) is 6.07 Å². The average Bonchev–Trinajstić information content (AvgIpc) is 3.12. The van der Waals surface area contributed by atoms with E-state index < -0.39 is 0 Å². The third-order valence-corrected chi connectivity index (χ3v) is 4.19. The van der Waals surface area contributed by atoms with Gasteiger partial charge in [-0.3, -0.25) is 0 Å². The number of para-hydroxylation sites is 1. The number of methoxy groups -OCH3 is 1. The third kappa shape index (κ3) is 1.62. The largest absolute Gasteiger partial charge is 0.495 e. The highest BCUT2D eigenvalue weighted by Crippen LogP contribution is 2.37. The van der Waals surface area contributed by atoms with E-state index in [9.17, 15) is 0 Å². The molecule has 0 unspecified atom stereocenters. The molecule has 4 rings (SSSR count). The number of ether oxygens (including phenoxy) is 1. The van der Waals surface area contributed by atoms with Gasteiger partial charge in [0, 0.05) is 27.9 Å². The van der Waals surface area contributed by atoms with Crippen LogP contribution in [0.1, 0.15) is 0 Å². The summed E-state index contributed by atoms with van der Waals surface area (Å²) in [6.07, 6.45) is 1.80. The summed E-state index contributed by atoms with van der Waals surface area (Å²) in [4.78, 5) is 7.75. The molecule has 0 fully saturated rings. The molecule has 0 saturated heterocycles. The van der Waals surface area contributed by atoms with Gasteiger partial charge in [-0.15, -0.1) is 11.3 Å². The van der Waals surface area contributed by atoms with Crippen LogP contribution < -0.4 is 4.74 Å². The molecule has 2 aromatic heterocycles. The molecule has 4 aromatic rings. The van der Waals surface area contributed by atoms with Crippen molar-refractivity contribution in [3.63, 3.8) is 0 Å². The Bertz CT molecular complexity index is 894. The molecule has 0 atom stereocenters. The zero-order chi connectivity index (χ0) is 13.5. The lowest BCUT2D eigenvalue weighted by Gasteiger charge is -2.06. The van der Waals surface area contributed by atoms with E-state index >= 15 is 0 Å². The highest BCUT2D eigenvalue weighted by atomic mass is 32.1. The van der Waals surface area contributed by atoms with Crippen LogP contribution in [0.2, 0.25) is 0 Å². The molecule has 97 valence electrons. The topological polar surface area (TPSA) is 37.9 Å². The number of benzene rings is 2. The standard InChI is InChI=1S/C16H11N2OS/c1-19-15-9-14-11(8-12(15)16-17-6-7-20-16)10-4-2-3-5-13(10)18-14/h2-8,18H,1H3. The Kier molecular flexibility index (Phi) is 2.50. The average molecular weight is 279 g/mol. The summed E-state index contributed by atoms with van der Waals surface area (Å²) in [5.74, 6) is 0.721. The number of thiazole rings is 1. The summed E-state index contributed by atoms with van der Waals surface area (Å²) in [5.41, 5.74) is 3.06. The van der Waals surface area contributed by atoms with Crippen molar-refractivity contribution in [2.75, 3.05) is 7.11 Å². The minimum atomic E-state index is 0.721. The van der Waals surface area contributed by atoms with Gasteiger partial charge in [-0.2, -0.15) is 0 Å². The predicted octanol–water partition coefficient (Wildman–Crippen LogP) is 4.25. The van der Waals surface area contributed by atoms with Crippen LogP contribution in [0.3, 0.4) is 0 Å². The van der Waals surface area contributed by atoms with Crippen molar-refractivity contribution < 1.29 is 4.74 Å². The van der Waals surface area contributed by atoms with Crippen LogP contribution in [0.15, 0.2) is 41.9 Å². The van der Waals surface area contributed by atoms with Gasteiger partial charge in [-0.1, -0.05) is 18.2 Å². The minimum absolute atomic E-state index is 0.721. The van der Waals surface area contributed by atoms with E-state index in [2.05, 4.69) is 34.2 Å². The lowest BCUT2D eigenvalue weighted by Crippen LogP contribution is -1.88. The Morgan fingerprint density at radius 2 is 2.15 bits per heavy atom. The highest BCUT2D eigenvalue weighted by molar-refractivity contribution is 7.13. The molecule has 0 saturated carbocycles. The number of hydrogen-bond donors (Lipinski definition) is 1. The van der Waals surface area contributed by atoms with Gasteiger partial charge in [-0.25, -0.2) is 4.98 Å². The number of nitrogens with one attached hydrogen (secondary N) is 1. The van der Waals surface area contributed by atoms with Gasteiger partial charge < -0.3 is 9.72 Å². The normalized spacial score (nSPS) is 11.2. The minimum Gasteiger partial charge on any atom is -0.495 e. The lowest BCUT2D eigenvalue weighted by molar-refractivity contribution is 0.416. The van der Waals surface area contributed by atoms with Crippen LogP contribution in [0.25, 0.3) is 32.4 Å². The van der Waals surface area contributed by atoms with E-state index in [-0.39, 0.29) is 0 Å². The molecule has 4 heteroatoms. The van der Waals surface area contributed by atoms with Gasteiger partial charge in [0.15, 0.2) is 0 Å². The molecule has 1 N–H and O–H groups in total. The monoisotopic (exact) mass is 279 g/mol. The van der Waals surface area contributed by atoms with E-state index in [0.717, 1.165) is 32.7 Å². The van der Waals surface area contributed by atoms with Gasteiger partial charge in [-0.05, 0) is 12.1 Å². The third-order valence-electron chi connectivity index (χ3n) is 3.38. The van der Waals surface area contributed by atoms with Gasteiger partial charge in [0.05, 0.1) is 24.3 Å². The molecule has 0 amide bonds. The molecule has 0 spiro atoms. The van der Waals surface area contributed by atoms with E-state index in [0.29, 0.717) is 0 Å². The molecular weight excluding hydrogens is 268 g/mol. The second-order valence-corrected chi connectivity index (χ2v) is 5.41. The van der Waals surface area contributed by atoms with Crippen LogP contribution in [0.4, 0.5) is 0 Å². The van der Waals surface area contributed by atoms with Crippen LogP contribution in [0.5, 0.6) is 5.75 Å². The Hall–Kier alpha value is -2.33. The number of aromatic nitrogens is 2. The number of aromatic amines is 1. The summed E-state index contributed by atoms with van der Waals surface area (Å²) in [5, 5.41) is 5.25. The maximum atomic E-state index is 5.46. The molecule has 3 nitrogen and oxygen atoms in total. The first kappa shape index (κ1) is 11.5. The van der Waals surface area contributed by atoms with Crippen molar-refractivity contribution in [1.29, 1.82) is 0 Å². The lowest BCUT2D eigenvalue weighted by atomic mass is 10.1. The van der Waals surface area contributed by atoms with Gasteiger partial charge in [0.1, 0.15) is 10.8 Å². The van der Waals surface area contributed by atoms with Crippen LogP contribution in [-0.4, -0.2) is 17.1 Å². The summed E-state index contributed by atoms with van der Waals surface area (Å²) in [6, 6.07) is 13.7. The maximum absolute atomic E-state index is 5.46. The number of hydrogen-bond acceptors (Lipinski definition) is 3. The summed E-state index contributed by atoms with van der Waals surface area (Å²) >= 11 is 1.60. The van der Waals surface area contributed by atoms with Crippen molar-refractivity contribution in [1.82, 2.24) is 9.97 Å². The SMILES string of the molecule is COc1[c]c2[nH]c3ccccc3c2cc1-c1nccs1. The summed E-state index contributed by atoms with van der Waals surface area (Å²) in [6.45, 7) is 0. The quantitative estimate of drug-likeness (QED) is 0.595. The summed E-state index contributed by atoms with van der Waals surface area (Å²) < 4.78 is 5.46. The summed E-state index contributed by atoms with van der Waals surface area (Å²) in [7, 11) is 1.66. The van der Waals surface area contributed by atoms with E-state index in [1.807, 2.05) is 17.5 Å². The first-order valence-electron chi connectivity index (χ1n) is 6.27. The Morgan fingerprint density at radius 1 is 1.25 bits per heavy atom. The maximum Gasteiger partial charge on any atom is 0.139 e. The van der Waals surface area contributed by atoms with E-state index in [1.54, 1.807) is 24.6 Å². The van der Waals surface area contributed by atoms with Crippen molar-refractivity contribution in [2.45, 2.75) is 0 Å². The van der Waals surface area contributed by atoms with Gasteiger partial charge in [0.25, 0.3) is 0 Å². The molecule has 2 aromatic carbocycles. The van der Waals surface area contributed by atoms with E-state index in [4.69, 9.17) is 4.74 Å². The van der Waals surface area contributed by atoms with Crippen molar-refractivity contribution in [3.05, 3.63) is 48.0 Å². The number of fused-ring (bicyclic) bond motifs is 3. The molecule has 0 aliphatic heterocycles. The second-order valence-electron chi connectivity index (χ2n) is 4.51. The second kappa shape index (κ2) is 4.35. The Balaban J connectivity index is 2.10. The fraction of sp³-hybridized carbons (Fsp3) is 0.0625. The first-order chi connectivity index (χ1) is 9.86. The molecule has 0 aliphatic carbocycles. The van der Waals surface area contributed by atoms with E-state index in [1.165, 1.54) is 5.39 Å². The van der Waals surface area contributed by atoms with Crippen molar-refractivity contribution >= 4 is 33.1 Å². The highest BCUT2D eigenvalue weighted by Gasteiger charge is 2.13. The Labute approximate surface area is 119 Å². The zero-order valence-corrected chi connectivity index (χ0v) is 11.6. The zero-order valence-electron chi connectivity index (χ0n) is 10.8. The number of rotatable bonds is 2. The predicted molar refractivity (Wildman–Crippen MR) is 82.3 cm³/mol. The van der Waals surface area contributed by atoms with Crippen molar-refractivity contribution in [3.8, 4) is 16.3 Å².